The van der Waals surface area contributed by atoms with E-state index < -0.39 is 40.0 Å². The summed E-state index contributed by atoms with van der Waals surface area (Å²) < 4.78 is 26.3. The van der Waals surface area contributed by atoms with Crippen molar-refractivity contribution < 1.29 is 23.1 Å². The number of amidine groups is 1. The first-order valence-electron chi connectivity index (χ1n) is 10.2. The lowest BCUT2D eigenvalue weighted by Gasteiger charge is -2.24. The molecule has 12 heteroatoms. The minimum atomic E-state index is -3.75. The van der Waals surface area contributed by atoms with E-state index >= 15 is 0 Å². The molecule has 7 N–H and O–H groups in total. The van der Waals surface area contributed by atoms with E-state index in [-0.39, 0.29) is 18.1 Å². The molecule has 0 saturated carbocycles. The maximum atomic E-state index is 12.7. The van der Waals surface area contributed by atoms with Crippen LogP contribution in [0.3, 0.4) is 0 Å². The number of nitrogen functional groups attached to an aromatic ring is 1. The number of aliphatic hydroxyl groups is 1. The van der Waals surface area contributed by atoms with Gasteiger partial charge in [0.05, 0.1) is 11.9 Å². The van der Waals surface area contributed by atoms with Gasteiger partial charge in [0, 0.05) is 12.1 Å². The molecule has 0 aliphatic carbocycles. The number of nitrogens with two attached hydrogens (primary N) is 1. The number of thioether (sulfide) groups is 1. The SMILES string of the molecule is CCCS(=O)(=O)N[C@@H](C(=O)N[C@@H](CCSC)C(=O)NCc1ccc(C(=N)N)cc1)[C@H](C)O. The van der Waals surface area contributed by atoms with Gasteiger partial charge < -0.3 is 21.5 Å². The van der Waals surface area contributed by atoms with E-state index in [0.717, 1.165) is 5.56 Å². The first-order valence-corrected chi connectivity index (χ1v) is 13.2. The zero-order valence-electron chi connectivity index (χ0n) is 18.6. The summed E-state index contributed by atoms with van der Waals surface area (Å²) in [4.78, 5) is 25.4. The lowest BCUT2D eigenvalue weighted by Crippen LogP contribution is -2.57. The molecule has 0 fully saturated rings. The van der Waals surface area contributed by atoms with Gasteiger partial charge in [-0.25, -0.2) is 13.1 Å². The summed E-state index contributed by atoms with van der Waals surface area (Å²) in [6.07, 6.45) is 1.27. The Balaban J connectivity index is 2.85. The molecule has 3 atom stereocenters. The Morgan fingerprint density at radius 3 is 2.34 bits per heavy atom. The predicted molar refractivity (Wildman–Crippen MR) is 127 cm³/mol. The normalized spacial score (nSPS) is 14.2. The van der Waals surface area contributed by atoms with Gasteiger partial charge in [-0.05, 0) is 37.3 Å². The highest BCUT2D eigenvalue weighted by Crippen LogP contribution is 2.07. The summed E-state index contributed by atoms with van der Waals surface area (Å²) in [5, 5.41) is 22.7. The molecule has 1 aromatic rings. The molecule has 180 valence electrons. The fourth-order valence-corrected chi connectivity index (χ4v) is 4.59. The first-order chi connectivity index (χ1) is 15.0. The van der Waals surface area contributed by atoms with Gasteiger partial charge in [-0.15, -0.1) is 0 Å². The number of carbonyl (C=O) groups excluding carboxylic acids is 2. The van der Waals surface area contributed by atoms with Crippen molar-refractivity contribution in [1.82, 2.24) is 15.4 Å². The maximum absolute atomic E-state index is 12.7. The molecule has 0 spiro atoms. The Morgan fingerprint density at radius 1 is 1.22 bits per heavy atom. The monoisotopic (exact) mass is 487 g/mol. The molecule has 10 nitrogen and oxygen atoms in total. The Kier molecular flexibility index (Phi) is 11.7. The number of carbonyl (C=O) groups is 2. The standard InChI is InChI=1S/C20H33N5O5S2/c1-4-11-32(29,30)25-17(13(2)26)20(28)24-16(9-10-31-3)19(27)23-12-14-5-7-15(8-6-14)18(21)22/h5-8,13,16-17,25-26H,4,9-12H2,1-3H3,(H3,21,22)(H,23,27)(H,24,28)/t13-,16-,17+/m0/s1. The highest BCUT2D eigenvalue weighted by molar-refractivity contribution is 7.98. The van der Waals surface area contributed by atoms with Crippen LogP contribution in [0.5, 0.6) is 0 Å². The zero-order chi connectivity index (χ0) is 24.3. The largest absolute Gasteiger partial charge is 0.391 e. The number of sulfonamides is 1. The van der Waals surface area contributed by atoms with Gasteiger partial charge in [0.25, 0.3) is 0 Å². The summed E-state index contributed by atoms with van der Waals surface area (Å²) in [5.74, 6) is -0.840. The molecule has 0 aliphatic rings. The highest BCUT2D eigenvalue weighted by atomic mass is 32.2. The smallest absolute Gasteiger partial charge is 0.242 e. The molecule has 0 aromatic heterocycles. The summed E-state index contributed by atoms with van der Waals surface area (Å²) in [6, 6.07) is 4.51. The quantitative estimate of drug-likeness (QED) is 0.157. The molecule has 1 rings (SSSR count). The summed E-state index contributed by atoms with van der Waals surface area (Å²) >= 11 is 1.50. The van der Waals surface area contributed by atoms with E-state index in [2.05, 4.69) is 15.4 Å². The van der Waals surface area contributed by atoms with Crippen LogP contribution >= 0.6 is 11.8 Å². The van der Waals surface area contributed by atoms with Crippen molar-refractivity contribution in [1.29, 1.82) is 5.41 Å². The van der Waals surface area contributed by atoms with Crippen LogP contribution in [0.15, 0.2) is 24.3 Å². The Morgan fingerprint density at radius 2 is 1.84 bits per heavy atom. The van der Waals surface area contributed by atoms with Crippen molar-refractivity contribution in [2.45, 2.75) is 51.4 Å². The molecule has 0 radical (unpaired) electrons. The van der Waals surface area contributed by atoms with Gasteiger partial charge in [-0.2, -0.15) is 11.8 Å². The maximum Gasteiger partial charge on any atom is 0.242 e. The van der Waals surface area contributed by atoms with Crippen LogP contribution < -0.4 is 21.1 Å². The van der Waals surface area contributed by atoms with Gasteiger partial charge in [0.15, 0.2) is 0 Å². The van der Waals surface area contributed by atoms with E-state index in [0.29, 0.717) is 24.2 Å². The Hall–Kier alpha value is -2.15. The molecule has 1 aromatic carbocycles. The number of hydrogen-bond acceptors (Lipinski definition) is 7. The minimum Gasteiger partial charge on any atom is -0.391 e. The summed E-state index contributed by atoms with van der Waals surface area (Å²) in [5.41, 5.74) is 6.78. The van der Waals surface area contributed by atoms with E-state index in [1.807, 2.05) is 6.26 Å². The third kappa shape index (κ3) is 9.55. The van der Waals surface area contributed by atoms with Gasteiger partial charge in [0.1, 0.15) is 17.9 Å². The second kappa shape index (κ2) is 13.4. The lowest BCUT2D eigenvalue weighted by molar-refractivity contribution is -0.131. The Bertz CT molecular complexity index is 875. The predicted octanol–water partition coefficient (Wildman–Crippen LogP) is -0.0964. The number of rotatable bonds is 14. The van der Waals surface area contributed by atoms with E-state index in [9.17, 15) is 23.1 Å². The molecule has 0 unspecified atom stereocenters. The van der Waals surface area contributed by atoms with Crippen molar-refractivity contribution in [3.8, 4) is 0 Å². The van der Waals surface area contributed by atoms with Crippen molar-refractivity contribution >= 4 is 39.4 Å². The average molecular weight is 488 g/mol. The molecule has 0 saturated heterocycles. The van der Waals surface area contributed by atoms with Gasteiger partial charge in [-0.3, -0.25) is 15.0 Å². The van der Waals surface area contributed by atoms with Crippen LogP contribution in [0, 0.1) is 5.41 Å². The van der Waals surface area contributed by atoms with Crippen LogP contribution in [0.1, 0.15) is 37.8 Å². The van der Waals surface area contributed by atoms with Crippen LogP contribution in [-0.4, -0.2) is 67.1 Å². The van der Waals surface area contributed by atoms with E-state index in [1.54, 1.807) is 31.2 Å². The van der Waals surface area contributed by atoms with Crippen LogP contribution in [0.25, 0.3) is 0 Å². The summed E-state index contributed by atoms with van der Waals surface area (Å²) in [6.45, 7) is 3.19. The molecule has 2 amide bonds. The van der Waals surface area contributed by atoms with Crippen molar-refractivity contribution in [3.05, 3.63) is 35.4 Å². The first kappa shape index (κ1) is 27.9. The van der Waals surface area contributed by atoms with Crippen molar-refractivity contribution in [2.24, 2.45) is 5.73 Å². The minimum absolute atomic E-state index is 0.0531. The molecule has 0 heterocycles. The third-order valence-corrected chi connectivity index (χ3v) is 6.72. The fourth-order valence-electron chi connectivity index (χ4n) is 2.77. The van der Waals surface area contributed by atoms with E-state index in [4.69, 9.17) is 11.1 Å². The van der Waals surface area contributed by atoms with E-state index in [1.165, 1.54) is 18.7 Å². The topological polar surface area (TPSA) is 174 Å². The second-order valence-corrected chi connectivity index (χ2v) is 10.2. The Labute approximate surface area is 193 Å². The van der Waals surface area contributed by atoms with Gasteiger partial charge >= 0.3 is 0 Å². The van der Waals surface area contributed by atoms with Gasteiger partial charge in [-0.1, -0.05) is 31.2 Å². The van der Waals surface area contributed by atoms with Crippen LogP contribution in [-0.2, 0) is 26.2 Å². The molecular formula is C20H33N5O5S2. The fraction of sp³-hybridized carbons (Fsp3) is 0.550. The molecular weight excluding hydrogens is 454 g/mol. The van der Waals surface area contributed by atoms with Crippen molar-refractivity contribution in [3.63, 3.8) is 0 Å². The number of nitrogens with one attached hydrogen (secondary N) is 4. The lowest BCUT2D eigenvalue weighted by atomic mass is 10.1. The molecule has 32 heavy (non-hydrogen) atoms. The number of hydrogen-bond donors (Lipinski definition) is 6. The number of amides is 2. The van der Waals surface area contributed by atoms with Crippen LogP contribution in [0.2, 0.25) is 0 Å². The molecule has 0 aliphatic heterocycles. The van der Waals surface area contributed by atoms with Crippen LogP contribution in [0.4, 0.5) is 0 Å². The van der Waals surface area contributed by atoms with Crippen molar-refractivity contribution in [2.75, 3.05) is 17.8 Å². The van der Waals surface area contributed by atoms with Gasteiger partial charge in [0.2, 0.25) is 21.8 Å². The average Bonchev–Trinajstić information content (AvgIpc) is 2.73. The number of benzene rings is 1. The second-order valence-electron chi connectivity index (χ2n) is 7.33. The molecule has 0 bridgehead atoms. The summed E-state index contributed by atoms with van der Waals surface area (Å²) in [7, 11) is -3.75. The highest BCUT2D eigenvalue weighted by Gasteiger charge is 2.31. The zero-order valence-corrected chi connectivity index (χ0v) is 20.2. The number of aliphatic hydroxyl groups excluding tert-OH is 1. The third-order valence-electron chi connectivity index (χ3n) is 4.52.